The highest BCUT2D eigenvalue weighted by molar-refractivity contribution is 5.66. The molecule has 0 saturated carbocycles. The summed E-state index contributed by atoms with van der Waals surface area (Å²) >= 11 is 0. The number of hydrogen-bond acceptors (Lipinski definition) is 3. The van der Waals surface area contributed by atoms with E-state index in [2.05, 4.69) is 15.0 Å². The molecule has 0 unspecified atom stereocenters. The van der Waals surface area contributed by atoms with E-state index in [1.165, 1.54) is 12.1 Å². The van der Waals surface area contributed by atoms with E-state index in [9.17, 15) is 4.39 Å². The summed E-state index contributed by atoms with van der Waals surface area (Å²) in [6.45, 7) is 0. The molecule has 4 aromatic rings. The van der Waals surface area contributed by atoms with Crippen LogP contribution in [-0.2, 0) is 0 Å². The molecule has 0 saturated heterocycles. The summed E-state index contributed by atoms with van der Waals surface area (Å²) in [5, 5.41) is 0. The minimum atomic E-state index is -0.288. The molecule has 1 heterocycles. The SMILES string of the molecule is Fc1ccc(-c2nc(-c3ccccc3)nc(-c3ccccc3)n2)cc1. The molecular weight excluding hydrogens is 313 g/mol. The third-order valence-corrected chi connectivity index (χ3v) is 3.80. The van der Waals surface area contributed by atoms with E-state index >= 15 is 0 Å². The fourth-order valence-corrected chi connectivity index (χ4v) is 2.54. The lowest BCUT2D eigenvalue weighted by Gasteiger charge is -2.08. The number of nitrogens with zero attached hydrogens (tertiary/aromatic N) is 3. The van der Waals surface area contributed by atoms with Crippen LogP contribution in [0.2, 0.25) is 0 Å². The number of benzene rings is 3. The van der Waals surface area contributed by atoms with E-state index in [0.717, 1.165) is 16.7 Å². The van der Waals surface area contributed by atoms with Gasteiger partial charge in [0.2, 0.25) is 0 Å². The number of hydrogen-bond donors (Lipinski definition) is 0. The first-order valence-electron chi connectivity index (χ1n) is 7.92. The van der Waals surface area contributed by atoms with Crippen molar-refractivity contribution in [3.8, 4) is 34.2 Å². The Balaban J connectivity index is 1.90. The second-order valence-electron chi connectivity index (χ2n) is 5.55. The Kier molecular flexibility index (Phi) is 4.01. The van der Waals surface area contributed by atoms with E-state index in [4.69, 9.17) is 0 Å². The first-order valence-corrected chi connectivity index (χ1v) is 7.92. The fourth-order valence-electron chi connectivity index (χ4n) is 2.54. The number of halogens is 1. The van der Waals surface area contributed by atoms with Gasteiger partial charge in [0.1, 0.15) is 5.82 Å². The summed E-state index contributed by atoms with van der Waals surface area (Å²) in [6.07, 6.45) is 0. The van der Waals surface area contributed by atoms with Gasteiger partial charge in [0, 0.05) is 16.7 Å². The van der Waals surface area contributed by atoms with E-state index in [1.54, 1.807) is 12.1 Å². The van der Waals surface area contributed by atoms with Crippen molar-refractivity contribution in [2.24, 2.45) is 0 Å². The van der Waals surface area contributed by atoms with E-state index < -0.39 is 0 Å². The summed E-state index contributed by atoms with van der Waals surface area (Å²) in [5.74, 6) is 1.42. The van der Waals surface area contributed by atoms with Crippen LogP contribution in [0.1, 0.15) is 0 Å². The summed E-state index contributed by atoms with van der Waals surface area (Å²) < 4.78 is 13.2. The monoisotopic (exact) mass is 327 g/mol. The van der Waals surface area contributed by atoms with Crippen LogP contribution in [-0.4, -0.2) is 15.0 Å². The highest BCUT2D eigenvalue weighted by Crippen LogP contribution is 2.24. The molecule has 3 nitrogen and oxygen atoms in total. The van der Waals surface area contributed by atoms with Gasteiger partial charge >= 0.3 is 0 Å². The zero-order valence-electron chi connectivity index (χ0n) is 13.3. The molecule has 120 valence electrons. The Bertz CT molecular complexity index is 927. The molecule has 0 bridgehead atoms. The topological polar surface area (TPSA) is 38.7 Å². The number of aromatic nitrogens is 3. The maximum Gasteiger partial charge on any atom is 0.164 e. The molecule has 1 aromatic heterocycles. The van der Waals surface area contributed by atoms with Crippen LogP contribution in [0.15, 0.2) is 84.9 Å². The predicted molar refractivity (Wildman–Crippen MR) is 96.1 cm³/mol. The van der Waals surface area contributed by atoms with Crippen LogP contribution < -0.4 is 0 Å². The average molecular weight is 327 g/mol. The van der Waals surface area contributed by atoms with Gasteiger partial charge in [0.05, 0.1) is 0 Å². The molecule has 0 aliphatic rings. The Morgan fingerprint density at radius 3 is 1.20 bits per heavy atom. The van der Waals surface area contributed by atoms with Gasteiger partial charge in [0.15, 0.2) is 17.5 Å². The van der Waals surface area contributed by atoms with Crippen molar-refractivity contribution in [2.45, 2.75) is 0 Å². The maximum absolute atomic E-state index is 13.2. The molecule has 0 aliphatic carbocycles. The second kappa shape index (κ2) is 6.61. The lowest BCUT2D eigenvalue weighted by atomic mass is 10.1. The predicted octanol–water partition coefficient (Wildman–Crippen LogP) is 5.01. The first-order chi connectivity index (χ1) is 12.3. The summed E-state index contributed by atoms with van der Waals surface area (Å²) in [6, 6.07) is 25.7. The first kappa shape index (κ1) is 15.1. The van der Waals surface area contributed by atoms with Gasteiger partial charge < -0.3 is 0 Å². The summed E-state index contributed by atoms with van der Waals surface area (Å²) in [5.41, 5.74) is 2.56. The van der Waals surface area contributed by atoms with Gasteiger partial charge in [-0.25, -0.2) is 19.3 Å². The Morgan fingerprint density at radius 2 is 0.800 bits per heavy atom. The Labute approximate surface area is 144 Å². The molecule has 0 spiro atoms. The highest BCUT2D eigenvalue weighted by atomic mass is 19.1. The molecule has 4 rings (SSSR count). The zero-order chi connectivity index (χ0) is 17.1. The van der Waals surface area contributed by atoms with Crippen molar-refractivity contribution in [1.82, 2.24) is 15.0 Å². The molecule has 0 atom stereocenters. The van der Waals surface area contributed by atoms with Gasteiger partial charge in [-0.1, -0.05) is 60.7 Å². The van der Waals surface area contributed by atoms with Crippen LogP contribution in [0.4, 0.5) is 4.39 Å². The van der Waals surface area contributed by atoms with Gasteiger partial charge in [-0.15, -0.1) is 0 Å². The zero-order valence-corrected chi connectivity index (χ0v) is 13.3. The minimum Gasteiger partial charge on any atom is -0.208 e. The van der Waals surface area contributed by atoms with Crippen LogP contribution in [0.25, 0.3) is 34.2 Å². The molecule has 4 heteroatoms. The van der Waals surface area contributed by atoms with E-state index in [0.29, 0.717) is 17.5 Å². The highest BCUT2D eigenvalue weighted by Gasteiger charge is 2.11. The molecular formula is C21H14FN3. The fraction of sp³-hybridized carbons (Fsp3) is 0. The third kappa shape index (κ3) is 3.28. The Hall–Kier alpha value is -3.40. The second-order valence-corrected chi connectivity index (χ2v) is 5.55. The summed E-state index contributed by atoms with van der Waals surface area (Å²) in [4.78, 5) is 13.8. The van der Waals surface area contributed by atoms with Crippen LogP contribution in [0, 0.1) is 5.82 Å². The molecule has 25 heavy (non-hydrogen) atoms. The van der Waals surface area contributed by atoms with Crippen molar-refractivity contribution >= 4 is 0 Å². The van der Waals surface area contributed by atoms with Crippen molar-refractivity contribution in [2.75, 3.05) is 0 Å². The standard InChI is InChI=1S/C21H14FN3/c22-18-13-11-17(12-14-18)21-24-19(15-7-3-1-4-8-15)23-20(25-21)16-9-5-2-6-10-16/h1-14H. The summed E-state index contributed by atoms with van der Waals surface area (Å²) in [7, 11) is 0. The minimum absolute atomic E-state index is 0.288. The quantitative estimate of drug-likeness (QED) is 0.531. The van der Waals surface area contributed by atoms with Gasteiger partial charge in [-0.2, -0.15) is 0 Å². The van der Waals surface area contributed by atoms with Crippen LogP contribution in [0.5, 0.6) is 0 Å². The van der Waals surface area contributed by atoms with Crippen LogP contribution in [0.3, 0.4) is 0 Å². The van der Waals surface area contributed by atoms with Crippen molar-refractivity contribution in [1.29, 1.82) is 0 Å². The molecule has 0 N–H and O–H groups in total. The lowest BCUT2D eigenvalue weighted by molar-refractivity contribution is 0.628. The number of rotatable bonds is 3. The van der Waals surface area contributed by atoms with Gasteiger partial charge in [0.25, 0.3) is 0 Å². The maximum atomic E-state index is 13.2. The van der Waals surface area contributed by atoms with Gasteiger partial charge in [-0.3, -0.25) is 0 Å². The van der Waals surface area contributed by atoms with Gasteiger partial charge in [-0.05, 0) is 24.3 Å². The van der Waals surface area contributed by atoms with Crippen molar-refractivity contribution in [3.63, 3.8) is 0 Å². The molecule has 0 radical (unpaired) electrons. The largest absolute Gasteiger partial charge is 0.208 e. The smallest absolute Gasteiger partial charge is 0.164 e. The lowest BCUT2D eigenvalue weighted by Crippen LogP contribution is -2.00. The average Bonchev–Trinajstić information content (AvgIpc) is 2.69. The molecule has 0 fully saturated rings. The van der Waals surface area contributed by atoms with Crippen LogP contribution >= 0.6 is 0 Å². The van der Waals surface area contributed by atoms with Crippen molar-refractivity contribution in [3.05, 3.63) is 90.7 Å². The molecule has 3 aromatic carbocycles. The molecule has 0 amide bonds. The Morgan fingerprint density at radius 1 is 0.440 bits per heavy atom. The third-order valence-electron chi connectivity index (χ3n) is 3.80. The molecule has 0 aliphatic heterocycles. The van der Waals surface area contributed by atoms with Crippen molar-refractivity contribution < 1.29 is 4.39 Å². The van der Waals surface area contributed by atoms with E-state index in [-0.39, 0.29) is 5.82 Å². The normalized spacial score (nSPS) is 10.6. The van der Waals surface area contributed by atoms with E-state index in [1.807, 2.05) is 60.7 Å².